The highest BCUT2D eigenvalue weighted by Crippen LogP contribution is 2.39. The number of anilines is 3. The summed E-state index contributed by atoms with van der Waals surface area (Å²) in [7, 11) is 3.95. The minimum atomic E-state index is 0.132. The molecule has 4 rings (SSSR count). The van der Waals surface area contributed by atoms with Crippen molar-refractivity contribution in [2.75, 3.05) is 29.2 Å². The van der Waals surface area contributed by atoms with Gasteiger partial charge in [-0.1, -0.05) is 23.2 Å². The van der Waals surface area contributed by atoms with Crippen molar-refractivity contribution in [1.82, 2.24) is 9.97 Å². The number of aryl methyl sites for hydroxylation is 1. The molecule has 31 heavy (non-hydrogen) atoms. The van der Waals surface area contributed by atoms with Gasteiger partial charge in [-0.05, 0) is 63.6 Å². The van der Waals surface area contributed by atoms with E-state index in [1.54, 1.807) is 12.1 Å². The molecule has 0 saturated heterocycles. The predicted octanol–water partition coefficient (Wildman–Crippen LogP) is 5.32. The summed E-state index contributed by atoms with van der Waals surface area (Å²) in [5.74, 6) is 1.88. The van der Waals surface area contributed by atoms with E-state index in [2.05, 4.69) is 15.3 Å². The first-order valence-corrected chi connectivity index (χ1v) is 11.6. The molecule has 2 aromatic rings. The van der Waals surface area contributed by atoms with Crippen molar-refractivity contribution in [3.05, 3.63) is 40.0 Å². The van der Waals surface area contributed by atoms with Crippen molar-refractivity contribution < 1.29 is 4.79 Å². The van der Waals surface area contributed by atoms with Gasteiger partial charge in [0, 0.05) is 48.9 Å². The van der Waals surface area contributed by atoms with Crippen LogP contribution in [0, 0.1) is 12.8 Å². The Morgan fingerprint density at radius 1 is 1.03 bits per heavy atom. The molecule has 0 atom stereocenters. The molecule has 2 aliphatic rings. The average molecular weight is 462 g/mol. The van der Waals surface area contributed by atoms with E-state index in [0.29, 0.717) is 16.0 Å². The van der Waals surface area contributed by atoms with E-state index in [1.807, 2.05) is 43.0 Å². The van der Waals surface area contributed by atoms with Gasteiger partial charge in [0.1, 0.15) is 5.82 Å². The second-order valence-electron chi connectivity index (χ2n) is 8.81. The van der Waals surface area contributed by atoms with Crippen LogP contribution in [0.2, 0.25) is 10.0 Å². The average Bonchev–Trinajstić information content (AvgIpc) is 3.56. The number of amides is 1. The van der Waals surface area contributed by atoms with Crippen LogP contribution in [-0.4, -0.2) is 42.1 Å². The predicted molar refractivity (Wildman–Crippen MR) is 127 cm³/mol. The molecule has 0 aliphatic heterocycles. The standard InChI is InChI=1S/C23H29Cl2N5O/c1-14-12-21(29(2)3)28-23(26-14)27-17-7-9-18(10-8-17)30(22(31)15-4-5-15)20-11-6-16(24)13-19(20)25/h6,11-13,15,17-18H,4-5,7-10H2,1-3H3,(H,26,27,28)/t17-,18+. The van der Waals surface area contributed by atoms with E-state index in [9.17, 15) is 4.79 Å². The highest BCUT2D eigenvalue weighted by atomic mass is 35.5. The van der Waals surface area contributed by atoms with Crippen molar-refractivity contribution >= 4 is 46.6 Å². The zero-order chi connectivity index (χ0) is 22.1. The molecule has 0 unspecified atom stereocenters. The Hall–Kier alpha value is -2.05. The first-order chi connectivity index (χ1) is 14.8. The van der Waals surface area contributed by atoms with Crippen LogP contribution in [0.5, 0.6) is 0 Å². The first-order valence-electron chi connectivity index (χ1n) is 10.9. The lowest BCUT2D eigenvalue weighted by atomic mass is 9.89. The fourth-order valence-electron chi connectivity index (χ4n) is 4.21. The molecule has 0 spiro atoms. The highest BCUT2D eigenvalue weighted by Gasteiger charge is 2.39. The normalized spacial score (nSPS) is 20.9. The summed E-state index contributed by atoms with van der Waals surface area (Å²) in [5, 5.41) is 4.62. The highest BCUT2D eigenvalue weighted by molar-refractivity contribution is 6.36. The Labute approximate surface area is 193 Å². The number of hydrogen-bond acceptors (Lipinski definition) is 5. The molecule has 1 amide bonds. The molecule has 166 valence electrons. The maximum Gasteiger partial charge on any atom is 0.230 e. The maximum atomic E-state index is 13.1. The zero-order valence-electron chi connectivity index (χ0n) is 18.2. The smallest absolute Gasteiger partial charge is 0.230 e. The first kappa shape index (κ1) is 22.2. The van der Waals surface area contributed by atoms with Gasteiger partial charge in [-0.2, -0.15) is 4.98 Å². The molecular weight excluding hydrogens is 433 g/mol. The van der Waals surface area contributed by atoms with Crippen molar-refractivity contribution in [2.45, 2.75) is 57.5 Å². The minimum Gasteiger partial charge on any atom is -0.363 e. The number of nitrogens with zero attached hydrogens (tertiary/aromatic N) is 4. The number of halogens is 2. The van der Waals surface area contributed by atoms with E-state index in [1.165, 1.54) is 0 Å². The molecule has 2 fully saturated rings. The fourth-order valence-corrected chi connectivity index (χ4v) is 4.71. The Kier molecular flexibility index (Phi) is 6.58. The van der Waals surface area contributed by atoms with Crippen LogP contribution < -0.4 is 15.1 Å². The third-order valence-corrected chi connectivity index (χ3v) is 6.57. The molecule has 1 N–H and O–H groups in total. The molecule has 8 heteroatoms. The summed E-state index contributed by atoms with van der Waals surface area (Å²) in [6.07, 6.45) is 5.63. The van der Waals surface area contributed by atoms with Crippen molar-refractivity contribution in [3.8, 4) is 0 Å². The van der Waals surface area contributed by atoms with E-state index in [0.717, 1.165) is 55.7 Å². The molecule has 1 heterocycles. The number of carbonyl (C=O) groups is 1. The molecule has 6 nitrogen and oxygen atoms in total. The Morgan fingerprint density at radius 2 is 1.74 bits per heavy atom. The Morgan fingerprint density at radius 3 is 2.35 bits per heavy atom. The van der Waals surface area contributed by atoms with Crippen LogP contribution in [-0.2, 0) is 4.79 Å². The van der Waals surface area contributed by atoms with E-state index >= 15 is 0 Å². The van der Waals surface area contributed by atoms with Gasteiger partial charge in [-0.3, -0.25) is 4.79 Å². The lowest BCUT2D eigenvalue weighted by molar-refractivity contribution is -0.120. The number of benzene rings is 1. The summed E-state index contributed by atoms with van der Waals surface area (Å²) in [6, 6.07) is 7.79. The van der Waals surface area contributed by atoms with Crippen LogP contribution in [0.4, 0.5) is 17.5 Å². The van der Waals surface area contributed by atoms with Crippen LogP contribution in [0.3, 0.4) is 0 Å². The molecule has 2 aliphatic carbocycles. The SMILES string of the molecule is Cc1cc(N(C)C)nc(N[C@H]2CC[C@@H](N(C(=O)C3CC3)c3ccc(Cl)cc3Cl)CC2)n1. The van der Waals surface area contributed by atoms with Gasteiger partial charge < -0.3 is 15.1 Å². The fraction of sp³-hybridized carbons (Fsp3) is 0.522. The van der Waals surface area contributed by atoms with Gasteiger partial charge in [0.25, 0.3) is 0 Å². The van der Waals surface area contributed by atoms with Gasteiger partial charge >= 0.3 is 0 Å². The summed E-state index contributed by atoms with van der Waals surface area (Å²) in [4.78, 5) is 26.2. The second-order valence-corrected chi connectivity index (χ2v) is 9.66. The Balaban J connectivity index is 1.46. The van der Waals surface area contributed by atoms with Gasteiger partial charge in [-0.15, -0.1) is 0 Å². The summed E-state index contributed by atoms with van der Waals surface area (Å²) in [6.45, 7) is 1.98. The number of aromatic nitrogens is 2. The van der Waals surface area contributed by atoms with Gasteiger partial charge in [0.2, 0.25) is 11.9 Å². The van der Waals surface area contributed by atoms with Gasteiger partial charge in [-0.25, -0.2) is 4.98 Å². The van der Waals surface area contributed by atoms with Gasteiger partial charge in [0.05, 0.1) is 10.7 Å². The summed E-state index contributed by atoms with van der Waals surface area (Å²) < 4.78 is 0. The third-order valence-electron chi connectivity index (χ3n) is 6.03. The van der Waals surface area contributed by atoms with Crippen LogP contribution >= 0.6 is 23.2 Å². The topological polar surface area (TPSA) is 61.4 Å². The zero-order valence-corrected chi connectivity index (χ0v) is 19.7. The Bertz CT molecular complexity index is 955. The van der Waals surface area contributed by atoms with Crippen LogP contribution in [0.1, 0.15) is 44.2 Å². The van der Waals surface area contributed by atoms with Crippen molar-refractivity contribution in [1.29, 1.82) is 0 Å². The van der Waals surface area contributed by atoms with E-state index in [4.69, 9.17) is 23.2 Å². The molecule has 1 aromatic heterocycles. The largest absolute Gasteiger partial charge is 0.363 e. The molecule has 2 saturated carbocycles. The molecular formula is C23H29Cl2N5O. The quantitative estimate of drug-likeness (QED) is 0.629. The van der Waals surface area contributed by atoms with Gasteiger partial charge in [0.15, 0.2) is 0 Å². The monoisotopic (exact) mass is 461 g/mol. The summed E-state index contributed by atoms with van der Waals surface area (Å²) in [5.41, 5.74) is 1.71. The van der Waals surface area contributed by atoms with Crippen LogP contribution in [0.15, 0.2) is 24.3 Å². The number of carbonyl (C=O) groups excluding carboxylic acids is 1. The maximum absolute atomic E-state index is 13.1. The van der Waals surface area contributed by atoms with Crippen LogP contribution in [0.25, 0.3) is 0 Å². The third kappa shape index (κ3) is 5.24. The lowest BCUT2D eigenvalue weighted by Crippen LogP contribution is -2.45. The molecule has 0 bridgehead atoms. The number of hydrogen-bond donors (Lipinski definition) is 1. The van der Waals surface area contributed by atoms with Crippen molar-refractivity contribution in [3.63, 3.8) is 0 Å². The number of nitrogens with one attached hydrogen (secondary N) is 1. The molecule has 1 aromatic carbocycles. The second kappa shape index (κ2) is 9.21. The minimum absolute atomic E-state index is 0.132. The lowest BCUT2D eigenvalue weighted by Gasteiger charge is -2.38. The van der Waals surface area contributed by atoms with E-state index < -0.39 is 0 Å². The van der Waals surface area contributed by atoms with E-state index in [-0.39, 0.29) is 23.9 Å². The number of rotatable bonds is 6. The summed E-state index contributed by atoms with van der Waals surface area (Å²) >= 11 is 12.6. The molecule has 0 radical (unpaired) electrons. The van der Waals surface area contributed by atoms with Crippen molar-refractivity contribution in [2.24, 2.45) is 5.92 Å².